The molecule has 6 heterocycles. The third-order valence-electron chi connectivity index (χ3n) is 27.8. The Morgan fingerprint density at radius 3 is 1.08 bits per heavy atom. The Hall–Kier alpha value is -14.0. The molecule has 3 aliphatic carbocycles. The summed E-state index contributed by atoms with van der Waals surface area (Å²) in [6.45, 7) is 29.7. The van der Waals surface area contributed by atoms with Crippen molar-refractivity contribution in [3.8, 4) is 45.4 Å². The first-order valence-electron chi connectivity index (χ1n) is 49.3. The van der Waals surface area contributed by atoms with Crippen LogP contribution in [0.3, 0.4) is 0 Å². The van der Waals surface area contributed by atoms with Crippen molar-refractivity contribution in [1.29, 1.82) is 0 Å². The van der Waals surface area contributed by atoms with Crippen LogP contribution < -0.4 is 78.9 Å². The van der Waals surface area contributed by atoms with E-state index in [-0.39, 0.29) is 95.2 Å². The molecule has 146 heavy (non-hydrogen) atoms. The van der Waals surface area contributed by atoms with Crippen LogP contribution >= 0.6 is 0 Å². The summed E-state index contributed by atoms with van der Waals surface area (Å²) in [7, 11) is 6.32. The maximum atomic E-state index is 5.38. The van der Waals surface area contributed by atoms with Crippen LogP contribution in [0.1, 0.15) is 117 Å². The van der Waals surface area contributed by atoms with Gasteiger partial charge in [0.25, 0.3) is 0 Å². The molecule has 0 fully saturated rings. The van der Waals surface area contributed by atoms with E-state index in [1.807, 2.05) is 119 Å². The molecule has 6 aliphatic rings. The molecule has 3 aliphatic heterocycles. The molecule has 736 valence electrons. The number of imidazole rings is 3. The SMILES string of the molecule is CC1=NN(c2[c-]c(B(c3[c-]c(-c4nc([C@@H]5C=CC=CC5)c(C)n4C)ccc3)c3c(C)cc(C)cc3C)ccc2)[CH-]N1c1ccccc1.Cc1cc(C)c(B(c2[c-]c(-c3nc([C@@H]4C=CC=CC4)c(-c4ccccc4)n3C)ccc2)c2[c-]c(N3[CH-]N(c4ccccc4)C=N3)ccc2)c(C)c1.Cc1cc(C)c(B(c2[c-]c(-c3nc([C@@H]4C=CC=CC4)cn3C)ccc2)c2[c-]c(N3[CH-]N(c4ccccc4)C=N3)ccc2)c(C)c1.[Pt].[Pt].[Pt]. The number of hydrogen-bond donors (Lipinski definition) is 0. The summed E-state index contributed by atoms with van der Waals surface area (Å²) < 4.78 is 6.58. The summed E-state index contributed by atoms with van der Waals surface area (Å²) in [5, 5.41) is 20.0. The first-order chi connectivity index (χ1) is 69.7. The molecule has 16 aromatic rings. The Balaban J connectivity index is 0.000000149. The van der Waals surface area contributed by atoms with Crippen molar-refractivity contribution in [2.75, 3.05) is 29.7 Å². The standard InChI is InChI=1S/C45H39BN5.C41H39BN5.C39H35BN5.3Pt/c1-32-26-33(2)42(34(3)27-32)46(39-22-15-25-41(29-39)51-31-50(30-47-51)40-23-12-7-13-24-40)38-21-14-20-37(28-38)45-48-43(35-16-8-5-9-17-35)44(49(45)4)36-18-10-6-11-19-36;1-28-23-29(2)39(30(3)24-28)42(36-19-14-22-38(26-36)47-27-46(32(5)44-47)37-20-11-8-12-21-37)35-18-13-17-34(25-35)41-43-40(31(4)45(41)6)33-15-9-7-10-16-33;1-28-21-29(2)38(30(3)22-28)40(34-17-12-20-36(24-34)45-27-44(26-41-45)35-18-9-6-10-19-35)33-16-11-15-32(23-33)39-42-37(25-43(39)4)31-13-7-5-8-14-31;;;/h5-16,18-27,30-31,35H,17H2,1-4H3;7-15,17-24,27,33H,16H2,1-6H3;5-13,15-22,25-27,31H,14H2,1-4H3;;;/q3*-3;;;/t35-;33-;31-;;;/m111.../s1. The number of hydrazone groups is 3. The number of benzene rings is 13. The zero-order valence-electron chi connectivity index (χ0n) is 84.5. The molecule has 0 N–H and O–H groups in total. The summed E-state index contributed by atoms with van der Waals surface area (Å²) in [6, 6.07) is 116. The second-order valence-electron chi connectivity index (χ2n) is 38.1. The fraction of sp³-hybridized carbons (Fsp3) is 0.160. The fourth-order valence-corrected chi connectivity index (χ4v) is 21.2. The van der Waals surface area contributed by atoms with Gasteiger partial charge in [0.15, 0.2) is 20.1 Å². The average molecular weight is 2440 g/mol. The van der Waals surface area contributed by atoms with Crippen molar-refractivity contribution in [2.45, 2.75) is 113 Å². The van der Waals surface area contributed by atoms with Crippen LogP contribution in [0.2, 0.25) is 0 Å². The van der Waals surface area contributed by atoms with Gasteiger partial charge in [-0.1, -0.05) is 278 Å². The number of nitrogens with zero attached hydrogens (tertiary/aromatic N) is 15. The van der Waals surface area contributed by atoms with Crippen molar-refractivity contribution >= 4 is 122 Å². The maximum Gasteiger partial charge on any atom is 0.198 e. The largest absolute Gasteiger partial charge is 0.463 e. The van der Waals surface area contributed by atoms with Gasteiger partial charge in [-0.15, -0.1) is 128 Å². The first kappa shape index (κ1) is 103. The molecule has 21 heteroatoms. The van der Waals surface area contributed by atoms with Crippen LogP contribution in [0.4, 0.5) is 34.1 Å². The molecule has 15 nitrogen and oxygen atoms in total. The van der Waals surface area contributed by atoms with E-state index in [9.17, 15) is 0 Å². The van der Waals surface area contributed by atoms with E-state index in [0.29, 0.717) is 5.92 Å². The van der Waals surface area contributed by atoms with Crippen LogP contribution in [0.5, 0.6) is 0 Å². The molecule has 0 saturated carbocycles. The molecule has 0 radical (unpaired) electrons. The number of aryl methyl sites for hydroxylation is 10. The van der Waals surface area contributed by atoms with Crippen molar-refractivity contribution in [2.24, 2.45) is 36.4 Å². The zero-order valence-corrected chi connectivity index (χ0v) is 91.4. The van der Waals surface area contributed by atoms with Crippen molar-refractivity contribution in [1.82, 2.24) is 28.7 Å². The number of aromatic nitrogens is 6. The van der Waals surface area contributed by atoms with Crippen LogP contribution in [-0.2, 0) is 84.3 Å². The smallest absolute Gasteiger partial charge is 0.198 e. The van der Waals surface area contributed by atoms with E-state index in [1.54, 1.807) is 0 Å². The number of rotatable bonds is 22. The van der Waals surface area contributed by atoms with E-state index >= 15 is 0 Å². The first-order valence-corrected chi connectivity index (χ1v) is 49.3. The summed E-state index contributed by atoms with van der Waals surface area (Å²) in [5.41, 5.74) is 37.2. The van der Waals surface area contributed by atoms with Crippen LogP contribution in [0.15, 0.2) is 361 Å². The van der Waals surface area contributed by atoms with Gasteiger partial charge in [0.05, 0.1) is 58.8 Å². The summed E-state index contributed by atoms with van der Waals surface area (Å²) >= 11 is 0. The zero-order chi connectivity index (χ0) is 98.5. The number of hydrogen-bond acceptors (Lipinski definition) is 12. The third-order valence-corrected chi connectivity index (χ3v) is 27.8. The Morgan fingerprint density at radius 2 is 0.678 bits per heavy atom. The maximum absolute atomic E-state index is 5.38. The van der Waals surface area contributed by atoms with Crippen molar-refractivity contribution < 1.29 is 63.2 Å². The van der Waals surface area contributed by atoms with Gasteiger partial charge >= 0.3 is 0 Å². The van der Waals surface area contributed by atoms with Gasteiger partial charge in [-0.3, -0.25) is 15.0 Å². The molecular weight excluding hydrogens is 2330 g/mol. The molecular formula is C125H113B3N15Pt3-9. The normalized spacial score (nSPS) is 15.2. The minimum Gasteiger partial charge on any atom is -0.463 e. The van der Waals surface area contributed by atoms with Gasteiger partial charge in [0, 0.05) is 131 Å². The quantitative estimate of drug-likeness (QED) is 0.0484. The Labute approximate surface area is 906 Å². The fourth-order valence-electron chi connectivity index (χ4n) is 21.2. The molecule has 3 atom stereocenters. The van der Waals surface area contributed by atoms with Crippen LogP contribution in [0, 0.1) is 126 Å². The third kappa shape index (κ3) is 22.2. The van der Waals surface area contributed by atoms with Gasteiger partial charge in [0.1, 0.15) is 0 Å². The van der Waals surface area contributed by atoms with Gasteiger partial charge in [-0.25, -0.2) is 0 Å². The molecule has 0 spiro atoms. The van der Waals surface area contributed by atoms with E-state index in [0.717, 1.165) is 155 Å². The van der Waals surface area contributed by atoms with Gasteiger partial charge in [0.2, 0.25) is 0 Å². The van der Waals surface area contributed by atoms with E-state index < -0.39 is 0 Å². The number of para-hydroxylation sites is 3. The van der Waals surface area contributed by atoms with Gasteiger partial charge in [-0.05, 0) is 137 Å². The second-order valence-corrected chi connectivity index (χ2v) is 38.1. The van der Waals surface area contributed by atoms with E-state index in [4.69, 9.17) is 25.2 Å². The molecule has 0 bridgehead atoms. The number of allylic oxidation sites excluding steroid dienone is 12. The predicted octanol–water partition coefficient (Wildman–Crippen LogP) is 20.7. The minimum atomic E-state index is -0.109. The second kappa shape index (κ2) is 46.2. The Bertz CT molecular complexity index is 7640. The molecule has 0 saturated heterocycles. The number of amidine groups is 1. The van der Waals surface area contributed by atoms with Crippen LogP contribution in [-0.4, -0.2) is 67.3 Å². The van der Waals surface area contributed by atoms with Crippen molar-refractivity contribution in [3.05, 3.63) is 475 Å². The molecule has 3 aromatic heterocycles. The summed E-state index contributed by atoms with van der Waals surface area (Å²) in [4.78, 5) is 21.8. The monoisotopic (exact) mass is 2440 g/mol. The summed E-state index contributed by atoms with van der Waals surface area (Å²) in [5.74, 6) is 4.46. The Kier molecular flexibility index (Phi) is 32.7. The van der Waals surface area contributed by atoms with E-state index in [2.05, 4.69) is 442 Å². The van der Waals surface area contributed by atoms with E-state index in [1.165, 1.54) is 72.2 Å². The Morgan fingerprint density at radius 1 is 0.329 bits per heavy atom. The molecule has 22 rings (SSSR count). The number of anilines is 6. The average Bonchev–Trinajstić information content (AvgIpc) is 1.56. The van der Waals surface area contributed by atoms with Crippen LogP contribution in [0.25, 0.3) is 45.4 Å². The van der Waals surface area contributed by atoms with Crippen molar-refractivity contribution in [3.63, 3.8) is 0 Å². The molecule has 13 aromatic carbocycles. The molecule has 0 unspecified atom stereocenters. The molecule has 0 amide bonds. The van der Waals surface area contributed by atoms with Gasteiger partial charge < -0.3 is 43.4 Å². The topological polar surface area (TPSA) is 110 Å². The predicted molar refractivity (Wildman–Crippen MR) is 598 cm³/mol. The van der Waals surface area contributed by atoms with Gasteiger partial charge in [-0.2, -0.15) is 103 Å². The minimum absolute atomic E-state index is 0. The summed E-state index contributed by atoms with van der Waals surface area (Å²) in [6.07, 6.45) is 34.8.